The number of hydrogen-bond donors (Lipinski definition) is 1. The molecule has 0 radical (unpaired) electrons. The van der Waals surface area contributed by atoms with Crippen LogP contribution in [0.5, 0.6) is 5.75 Å². The average Bonchev–Trinajstić information content (AvgIpc) is 2.47. The Labute approximate surface area is 123 Å². The van der Waals surface area contributed by atoms with Crippen molar-refractivity contribution < 1.29 is 9.53 Å². The summed E-state index contributed by atoms with van der Waals surface area (Å²) in [6, 6.07) is 14.4. The Morgan fingerprint density at radius 1 is 1.20 bits per heavy atom. The molecule has 1 amide bonds. The van der Waals surface area contributed by atoms with Gasteiger partial charge in [0.1, 0.15) is 5.75 Å². The Morgan fingerprint density at radius 2 is 1.95 bits per heavy atom. The van der Waals surface area contributed by atoms with E-state index in [1.807, 2.05) is 31.2 Å². The summed E-state index contributed by atoms with van der Waals surface area (Å²) in [5.74, 6) is 0.518. The molecule has 0 unspecified atom stereocenters. The minimum absolute atomic E-state index is 0.118. The van der Waals surface area contributed by atoms with E-state index in [2.05, 4.69) is 5.32 Å². The Hall–Kier alpha value is -2.00. The molecule has 0 aliphatic heterocycles. The van der Waals surface area contributed by atoms with Gasteiger partial charge in [-0.05, 0) is 42.8 Å². The van der Waals surface area contributed by atoms with E-state index in [0.717, 1.165) is 5.56 Å². The molecule has 2 rings (SSSR count). The largest absolute Gasteiger partial charge is 0.497 e. The van der Waals surface area contributed by atoms with Gasteiger partial charge in [0.2, 0.25) is 0 Å². The van der Waals surface area contributed by atoms with E-state index in [4.69, 9.17) is 16.3 Å². The lowest BCUT2D eigenvalue weighted by molar-refractivity contribution is 0.0939. The van der Waals surface area contributed by atoms with Gasteiger partial charge < -0.3 is 10.1 Å². The zero-order chi connectivity index (χ0) is 14.5. The molecule has 0 fully saturated rings. The SMILES string of the molecule is COc1cccc(C(=O)N[C@@H](C)c2cccc(Cl)c2)c1. The summed E-state index contributed by atoms with van der Waals surface area (Å²) in [5.41, 5.74) is 1.53. The third-order valence-corrected chi connectivity index (χ3v) is 3.26. The van der Waals surface area contributed by atoms with E-state index in [1.165, 1.54) is 0 Å². The lowest BCUT2D eigenvalue weighted by atomic mass is 10.1. The maximum absolute atomic E-state index is 12.2. The van der Waals surface area contributed by atoms with Gasteiger partial charge in [0.25, 0.3) is 5.91 Å². The number of rotatable bonds is 4. The van der Waals surface area contributed by atoms with Gasteiger partial charge in [-0.1, -0.05) is 29.8 Å². The van der Waals surface area contributed by atoms with E-state index >= 15 is 0 Å². The monoisotopic (exact) mass is 289 g/mol. The first-order chi connectivity index (χ1) is 9.60. The Balaban J connectivity index is 2.10. The molecule has 1 N–H and O–H groups in total. The van der Waals surface area contributed by atoms with E-state index in [1.54, 1.807) is 31.4 Å². The standard InChI is InChI=1S/C16H16ClNO2/c1-11(12-5-3-7-14(17)9-12)18-16(19)13-6-4-8-15(10-13)20-2/h3-11H,1-2H3,(H,18,19)/t11-/m0/s1. The molecule has 4 heteroatoms. The minimum atomic E-state index is -0.142. The third-order valence-electron chi connectivity index (χ3n) is 3.03. The molecule has 0 heterocycles. The molecule has 3 nitrogen and oxygen atoms in total. The van der Waals surface area contributed by atoms with Crippen molar-refractivity contribution in [2.24, 2.45) is 0 Å². The summed E-state index contributed by atoms with van der Waals surface area (Å²) in [6.45, 7) is 1.92. The number of hydrogen-bond acceptors (Lipinski definition) is 2. The number of carbonyl (C=O) groups excluding carboxylic acids is 1. The zero-order valence-electron chi connectivity index (χ0n) is 11.4. The van der Waals surface area contributed by atoms with E-state index in [-0.39, 0.29) is 11.9 Å². The van der Waals surface area contributed by atoms with Crippen LogP contribution in [-0.2, 0) is 0 Å². The fourth-order valence-electron chi connectivity index (χ4n) is 1.90. The average molecular weight is 290 g/mol. The summed E-state index contributed by atoms with van der Waals surface area (Å²) in [7, 11) is 1.58. The molecule has 0 bridgehead atoms. The molecule has 0 aliphatic rings. The summed E-state index contributed by atoms with van der Waals surface area (Å²) < 4.78 is 5.11. The predicted molar refractivity (Wildman–Crippen MR) is 80.3 cm³/mol. The number of halogens is 1. The highest BCUT2D eigenvalue weighted by Gasteiger charge is 2.12. The van der Waals surface area contributed by atoms with Crippen molar-refractivity contribution in [3.63, 3.8) is 0 Å². The first-order valence-electron chi connectivity index (χ1n) is 6.30. The van der Waals surface area contributed by atoms with Gasteiger partial charge in [0.15, 0.2) is 0 Å². The quantitative estimate of drug-likeness (QED) is 0.929. The highest BCUT2D eigenvalue weighted by Crippen LogP contribution is 2.18. The van der Waals surface area contributed by atoms with Crippen LogP contribution in [0.4, 0.5) is 0 Å². The van der Waals surface area contributed by atoms with Crippen molar-refractivity contribution in [1.29, 1.82) is 0 Å². The molecule has 2 aromatic carbocycles. The molecule has 0 saturated heterocycles. The second kappa shape index (κ2) is 6.44. The number of carbonyl (C=O) groups is 1. The first-order valence-corrected chi connectivity index (χ1v) is 6.68. The highest BCUT2D eigenvalue weighted by molar-refractivity contribution is 6.30. The normalized spacial score (nSPS) is 11.8. The fourth-order valence-corrected chi connectivity index (χ4v) is 2.10. The molecule has 2 aromatic rings. The van der Waals surface area contributed by atoms with Gasteiger partial charge >= 0.3 is 0 Å². The van der Waals surface area contributed by atoms with E-state index in [0.29, 0.717) is 16.3 Å². The molecule has 20 heavy (non-hydrogen) atoms. The maximum Gasteiger partial charge on any atom is 0.251 e. The smallest absolute Gasteiger partial charge is 0.251 e. The van der Waals surface area contributed by atoms with Crippen molar-refractivity contribution in [3.8, 4) is 5.75 Å². The Bertz CT molecular complexity index is 613. The second-order valence-corrected chi connectivity index (χ2v) is 4.92. The molecule has 104 valence electrons. The molecule has 0 saturated carbocycles. The molecular formula is C16H16ClNO2. The third kappa shape index (κ3) is 3.52. The summed E-state index contributed by atoms with van der Waals surface area (Å²) in [6.07, 6.45) is 0. The molecule has 1 atom stereocenters. The Kier molecular flexibility index (Phi) is 4.64. The minimum Gasteiger partial charge on any atom is -0.497 e. The van der Waals surface area contributed by atoms with Gasteiger partial charge in [-0.15, -0.1) is 0 Å². The van der Waals surface area contributed by atoms with Gasteiger partial charge in [0.05, 0.1) is 13.2 Å². The van der Waals surface area contributed by atoms with Crippen molar-refractivity contribution in [2.75, 3.05) is 7.11 Å². The van der Waals surface area contributed by atoms with Crippen molar-refractivity contribution >= 4 is 17.5 Å². The van der Waals surface area contributed by atoms with Crippen LogP contribution in [-0.4, -0.2) is 13.0 Å². The zero-order valence-corrected chi connectivity index (χ0v) is 12.1. The van der Waals surface area contributed by atoms with Gasteiger partial charge in [-0.2, -0.15) is 0 Å². The predicted octanol–water partition coefficient (Wildman–Crippen LogP) is 3.84. The summed E-state index contributed by atoms with van der Waals surface area (Å²) in [5, 5.41) is 3.60. The van der Waals surface area contributed by atoms with Crippen molar-refractivity contribution in [3.05, 3.63) is 64.7 Å². The number of benzene rings is 2. The van der Waals surface area contributed by atoms with Crippen LogP contribution in [0, 0.1) is 0 Å². The van der Waals surface area contributed by atoms with Crippen LogP contribution in [0.2, 0.25) is 5.02 Å². The van der Waals surface area contributed by atoms with Crippen LogP contribution in [0.1, 0.15) is 28.9 Å². The van der Waals surface area contributed by atoms with Gasteiger partial charge in [-0.3, -0.25) is 4.79 Å². The highest BCUT2D eigenvalue weighted by atomic mass is 35.5. The van der Waals surface area contributed by atoms with E-state index < -0.39 is 0 Å². The molecule has 0 spiro atoms. The van der Waals surface area contributed by atoms with Crippen LogP contribution in [0.15, 0.2) is 48.5 Å². The van der Waals surface area contributed by atoms with Crippen LogP contribution < -0.4 is 10.1 Å². The topological polar surface area (TPSA) is 38.3 Å². The molecule has 0 aromatic heterocycles. The van der Waals surface area contributed by atoms with Crippen LogP contribution in [0.3, 0.4) is 0 Å². The van der Waals surface area contributed by atoms with Crippen molar-refractivity contribution in [1.82, 2.24) is 5.32 Å². The lowest BCUT2D eigenvalue weighted by Crippen LogP contribution is -2.26. The summed E-state index contributed by atoms with van der Waals surface area (Å²) in [4.78, 5) is 12.2. The van der Waals surface area contributed by atoms with Gasteiger partial charge in [0, 0.05) is 10.6 Å². The first kappa shape index (κ1) is 14.4. The van der Waals surface area contributed by atoms with Crippen LogP contribution >= 0.6 is 11.6 Å². The summed E-state index contributed by atoms with van der Waals surface area (Å²) >= 11 is 5.95. The molecular weight excluding hydrogens is 274 g/mol. The van der Waals surface area contributed by atoms with Gasteiger partial charge in [-0.25, -0.2) is 0 Å². The molecule has 0 aliphatic carbocycles. The maximum atomic E-state index is 12.2. The fraction of sp³-hybridized carbons (Fsp3) is 0.188. The number of nitrogens with one attached hydrogen (secondary N) is 1. The number of methoxy groups -OCH3 is 1. The lowest BCUT2D eigenvalue weighted by Gasteiger charge is -2.15. The second-order valence-electron chi connectivity index (χ2n) is 4.48. The number of amides is 1. The van der Waals surface area contributed by atoms with E-state index in [9.17, 15) is 4.79 Å². The number of ether oxygens (including phenoxy) is 1. The Morgan fingerprint density at radius 3 is 2.65 bits per heavy atom. The van der Waals surface area contributed by atoms with Crippen molar-refractivity contribution in [2.45, 2.75) is 13.0 Å². The van der Waals surface area contributed by atoms with Crippen LogP contribution in [0.25, 0.3) is 0 Å².